The van der Waals surface area contributed by atoms with Crippen LogP contribution in [0.15, 0.2) is 465 Å². The van der Waals surface area contributed by atoms with Crippen LogP contribution in [-0.2, 0) is 16.2 Å². The van der Waals surface area contributed by atoms with Gasteiger partial charge in [-0.3, -0.25) is 0 Å². The molecular formula is C137H94O. The zero-order valence-electron chi connectivity index (χ0n) is 77.8. The quantitative estimate of drug-likeness (QED) is 0.114. The van der Waals surface area contributed by atoms with Gasteiger partial charge in [-0.2, -0.15) is 0 Å². The molecule has 648 valence electrons. The van der Waals surface area contributed by atoms with E-state index in [1.165, 1.54) is 263 Å². The van der Waals surface area contributed by atoms with Gasteiger partial charge in [-0.05, 0) is 312 Å². The van der Waals surface area contributed by atoms with Crippen LogP contribution in [0.2, 0.25) is 0 Å². The third-order valence-corrected chi connectivity index (χ3v) is 31.3. The van der Waals surface area contributed by atoms with Gasteiger partial charge < -0.3 is 4.42 Å². The van der Waals surface area contributed by atoms with Crippen molar-refractivity contribution < 1.29 is 4.42 Å². The molecule has 25 aromatic carbocycles. The first kappa shape index (κ1) is 80.8. The van der Waals surface area contributed by atoms with Crippen molar-refractivity contribution in [3.05, 3.63) is 494 Å². The summed E-state index contributed by atoms with van der Waals surface area (Å²) < 4.78 is 6.15. The predicted molar refractivity (Wildman–Crippen MR) is 590 cm³/mol. The van der Waals surface area contributed by atoms with E-state index < -0.39 is 0 Å². The summed E-state index contributed by atoms with van der Waals surface area (Å²) in [6.07, 6.45) is 0. The van der Waals surface area contributed by atoms with E-state index >= 15 is 0 Å². The minimum Gasteiger partial charge on any atom is -0.456 e. The van der Waals surface area contributed by atoms with E-state index in [-0.39, 0.29) is 16.2 Å². The van der Waals surface area contributed by atoms with Crippen LogP contribution in [0, 0.1) is 0 Å². The smallest absolute Gasteiger partial charge is 0.135 e. The molecule has 0 fully saturated rings. The van der Waals surface area contributed by atoms with Crippen molar-refractivity contribution in [2.45, 2.75) is 57.8 Å². The van der Waals surface area contributed by atoms with Crippen LogP contribution >= 0.6 is 0 Å². The highest BCUT2D eigenvalue weighted by atomic mass is 16.3. The van der Waals surface area contributed by atoms with Crippen LogP contribution in [0.1, 0.15) is 74.9 Å². The molecule has 0 bridgehead atoms. The van der Waals surface area contributed by atoms with Gasteiger partial charge in [0.25, 0.3) is 0 Å². The average molecular weight is 1760 g/mol. The largest absolute Gasteiger partial charge is 0.456 e. The zero-order chi connectivity index (χ0) is 92.0. The van der Waals surface area contributed by atoms with E-state index in [0.29, 0.717) is 0 Å². The van der Waals surface area contributed by atoms with Crippen molar-refractivity contribution in [2.75, 3.05) is 0 Å². The van der Waals surface area contributed by atoms with Crippen molar-refractivity contribution in [1.82, 2.24) is 0 Å². The second-order valence-corrected chi connectivity index (χ2v) is 39.8. The highest BCUT2D eigenvalue weighted by molar-refractivity contribution is 6.28. The number of hydrogen-bond donors (Lipinski definition) is 0. The molecule has 0 amide bonds. The molecule has 1 heterocycles. The average Bonchev–Trinajstić information content (AvgIpc) is 1.53. The summed E-state index contributed by atoms with van der Waals surface area (Å²) in [6.45, 7) is 14.2. The Morgan fingerprint density at radius 2 is 0.399 bits per heavy atom. The molecule has 0 unspecified atom stereocenters. The van der Waals surface area contributed by atoms with Gasteiger partial charge in [0.1, 0.15) is 11.2 Å². The SMILES string of the molecule is CC1(C)c2ccc(-c3c4ccccc4c(-c4cc5ccccc5c5ccccc45)c4ccccc34)cc2-c2c1ccc1ccccc21.CC1(C)c2ccc(-c3c4ccccc4c(-c4cccc(-c5ccc6oc7ccccc7c6c5)c4)c4ccccc34)cc2-c2c1ccc1ccccc21.CC1(C)c2ccc(-c3c4ccccc4c(-c4ccccc4)c4ccccc34)cc2-c2c1ccc1ccccc21. The standard InChI is InChI=1S/C51H34O.C47H32.C39H28/c1-51(2)44-25-23-35(30-43(44)50-36-15-4-3-12-31(36)22-26-45(50)51)49-40-19-7-5-17-38(40)48(39-18-6-8-20-41(39)49)34-14-11-13-32(28-34)33-24-27-47-42(29-33)37-16-9-10-21-46(37)52-47;1-47(2)42-25-24-31(28-41(42)46-33-16-6-3-13-29(33)23-26-43(46)47)44-36-19-9-11-21-38(36)45(39-22-12-10-20-37(39)44)40-27-30-14-4-5-15-32(30)34-17-7-8-18-35(34)40;1-39(2)34-22-21-27(24-33(34)38-28-15-7-6-12-25(28)20-23-35(38)39)37-31-18-10-8-16-29(31)36(26-13-4-3-5-14-26)30-17-9-11-19-32(30)37/h3-30H,1-2H3;3-28H,1-2H3;3-24H,1-2H3. The Bertz CT molecular complexity index is 9520. The Kier molecular flexibility index (Phi) is 18.2. The first-order chi connectivity index (χ1) is 67.8. The van der Waals surface area contributed by atoms with Gasteiger partial charge in [0.2, 0.25) is 0 Å². The van der Waals surface area contributed by atoms with Crippen molar-refractivity contribution >= 4 is 140 Å². The maximum atomic E-state index is 6.15. The van der Waals surface area contributed by atoms with Crippen molar-refractivity contribution in [2.24, 2.45) is 0 Å². The van der Waals surface area contributed by atoms with Crippen LogP contribution in [0.4, 0.5) is 0 Å². The summed E-state index contributed by atoms with van der Waals surface area (Å²) in [5.41, 5.74) is 36.1. The van der Waals surface area contributed by atoms with Crippen LogP contribution in [0.25, 0.3) is 252 Å². The number of benzene rings is 25. The Labute approximate surface area is 802 Å². The van der Waals surface area contributed by atoms with Gasteiger partial charge in [0.05, 0.1) is 0 Å². The highest BCUT2D eigenvalue weighted by Gasteiger charge is 2.41. The molecule has 1 heteroatoms. The monoisotopic (exact) mass is 1750 g/mol. The topological polar surface area (TPSA) is 13.1 Å². The fourth-order valence-corrected chi connectivity index (χ4v) is 24.9. The molecule has 0 radical (unpaired) electrons. The zero-order valence-corrected chi connectivity index (χ0v) is 77.8. The van der Waals surface area contributed by atoms with Crippen LogP contribution in [0.3, 0.4) is 0 Å². The first-order valence-corrected chi connectivity index (χ1v) is 48.6. The molecule has 0 N–H and O–H groups in total. The molecule has 0 aliphatic heterocycles. The third-order valence-electron chi connectivity index (χ3n) is 31.3. The maximum absolute atomic E-state index is 6.15. The van der Waals surface area contributed by atoms with E-state index in [9.17, 15) is 0 Å². The lowest BCUT2D eigenvalue weighted by Gasteiger charge is -2.22. The number of para-hydroxylation sites is 1. The molecule has 26 aromatic rings. The number of hydrogen-bond acceptors (Lipinski definition) is 1. The van der Waals surface area contributed by atoms with Crippen LogP contribution < -0.4 is 0 Å². The molecule has 1 aromatic heterocycles. The highest BCUT2D eigenvalue weighted by Crippen LogP contribution is 2.59. The molecule has 29 rings (SSSR count). The number of rotatable bonds is 7. The fourth-order valence-electron chi connectivity index (χ4n) is 24.9. The minimum atomic E-state index is -0.0680. The number of furan rings is 1. The van der Waals surface area contributed by atoms with Crippen molar-refractivity contribution in [3.63, 3.8) is 0 Å². The summed E-state index contributed by atoms with van der Waals surface area (Å²) >= 11 is 0. The van der Waals surface area contributed by atoms with E-state index in [2.05, 4.69) is 490 Å². The Balaban J connectivity index is 0.000000105. The maximum Gasteiger partial charge on any atom is 0.135 e. The van der Waals surface area contributed by atoms with Gasteiger partial charge in [-0.1, -0.05) is 454 Å². The molecule has 1 nitrogen and oxygen atoms in total. The molecule has 0 spiro atoms. The van der Waals surface area contributed by atoms with Gasteiger partial charge in [0, 0.05) is 27.0 Å². The molecule has 0 saturated carbocycles. The van der Waals surface area contributed by atoms with E-state index in [1.807, 2.05) is 12.1 Å². The van der Waals surface area contributed by atoms with Gasteiger partial charge >= 0.3 is 0 Å². The lowest BCUT2D eigenvalue weighted by atomic mass is 9.81. The third kappa shape index (κ3) is 12.3. The normalized spacial score (nSPS) is 13.5. The molecule has 138 heavy (non-hydrogen) atoms. The lowest BCUT2D eigenvalue weighted by Crippen LogP contribution is -2.14. The lowest BCUT2D eigenvalue weighted by molar-refractivity contribution is 0.661. The Morgan fingerprint density at radius 1 is 0.130 bits per heavy atom. The van der Waals surface area contributed by atoms with Gasteiger partial charge in [0.15, 0.2) is 0 Å². The second-order valence-electron chi connectivity index (χ2n) is 39.8. The minimum absolute atomic E-state index is 0.0332. The summed E-state index contributed by atoms with van der Waals surface area (Å²) in [6, 6.07) is 171. The molecule has 3 aliphatic rings. The Morgan fingerprint density at radius 3 is 0.797 bits per heavy atom. The van der Waals surface area contributed by atoms with Crippen molar-refractivity contribution in [3.8, 4) is 111 Å². The van der Waals surface area contributed by atoms with Crippen molar-refractivity contribution in [1.29, 1.82) is 0 Å². The molecule has 0 saturated heterocycles. The van der Waals surface area contributed by atoms with E-state index in [0.717, 1.165) is 21.9 Å². The second kappa shape index (κ2) is 31.1. The predicted octanol–water partition coefficient (Wildman–Crippen LogP) is 38.2. The fraction of sp³-hybridized carbons (Fsp3) is 0.0657. The van der Waals surface area contributed by atoms with Gasteiger partial charge in [-0.25, -0.2) is 0 Å². The van der Waals surface area contributed by atoms with Crippen LogP contribution in [-0.4, -0.2) is 0 Å². The first-order valence-electron chi connectivity index (χ1n) is 48.6. The Hall–Kier alpha value is -16.8. The molecule has 3 aliphatic carbocycles. The van der Waals surface area contributed by atoms with E-state index in [4.69, 9.17) is 4.42 Å². The number of fused-ring (bicyclic) bond motifs is 27. The summed E-state index contributed by atoms with van der Waals surface area (Å²) in [5, 5.41) is 30.7. The van der Waals surface area contributed by atoms with Crippen LogP contribution in [0.5, 0.6) is 0 Å². The van der Waals surface area contributed by atoms with E-state index in [1.54, 1.807) is 0 Å². The molecular weight excluding hydrogens is 1660 g/mol. The molecule has 0 atom stereocenters. The van der Waals surface area contributed by atoms with Gasteiger partial charge in [-0.15, -0.1) is 0 Å². The summed E-state index contributed by atoms with van der Waals surface area (Å²) in [7, 11) is 0. The summed E-state index contributed by atoms with van der Waals surface area (Å²) in [5.74, 6) is 0. The summed E-state index contributed by atoms with van der Waals surface area (Å²) in [4.78, 5) is 0.